The van der Waals surface area contributed by atoms with Gasteiger partial charge in [0.05, 0.1) is 11.3 Å². The monoisotopic (exact) mass is 331 g/mol. The molecule has 0 radical (unpaired) electrons. The second kappa shape index (κ2) is 7.36. The van der Waals surface area contributed by atoms with Crippen LogP contribution in [0.1, 0.15) is 24.2 Å². The topological polar surface area (TPSA) is 129 Å². The maximum Gasteiger partial charge on any atom is 0.338 e. The lowest BCUT2D eigenvalue weighted by Crippen LogP contribution is -2.45. The standard InChI is InChI=1S/C15H17N5O4/c1-9(2)12(13(21)19-15(16)23)24-14(22)10-3-5-11(6-4-10)20-8-17-7-18-20/h3-9,12H,1-2H3,(H3,16,19,21,23)/t12-/m0/s1. The molecule has 0 aliphatic heterocycles. The van der Waals surface area contributed by atoms with Crippen LogP contribution in [0.3, 0.4) is 0 Å². The van der Waals surface area contributed by atoms with Crippen molar-refractivity contribution in [3.05, 3.63) is 42.5 Å². The molecule has 24 heavy (non-hydrogen) atoms. The first kappa shape index (κ1) is 17.1. The highest BCUT2D eigenvalue weighted by atomic mass is 16.5. The van der Waals surface area contributed by atoms with E-state index in [4.69, 9.17) is 10.5 Å². The Morgan fingerprint density at radius 2 is 1.88 bits per heavy atom. The molecular formula is C15H17N5O4. The highest BCUT2D eigenvalue weighted by molar-refractivity contribution is 5.98. The SMILES string of the molecule is CC(C)[C@H](OC(=O)c1ccc(-n2cncn2)cc1)C(=O)NC(N)=O. The number of carbonyl (C=O) groups excluding carboxylic acids is 3. The van der Waals surface area contributed by atoms with Crippen molar-refractivity contribution in [3.63, 3.8) is 0 Å². The van der Waals surface area contributed by atoms with Crippen molar-refractivity contribution in [2.45, 2.75) is 20.0 Å². The molecule has 0 fully saturated rings. The number of primary amides is 1. The summed E-state index contributed by atoms with van der Waals surface area (Å²) >= 11 is 0. The Morgan fingerprint density at radius 1 is 1.21 bits per heavy atom. The molecule has 0 aliphatic carbocycles. The molecule has 1 atom stereocenters. The van der Waals surface area contributed by atoms with Crippen molar-refractivity contribution in [2.75, 3.05) is 0 Å². The maximum atomic E-state index is 12.2. The van der Waals surface area contributed by atoms with E-state index in [1.807, 2.05) is 5.32 Å². The van der Waals surface area contributed by atoms with Crippen molar-refractivity contribution < 1.29 is 19.1 Å². The lowest BCUT2D eigenvalue weighted by Gasteiger charge is -2.19. The number of amides is 3. The fraction of sp³-hybridized carbons (Fsp3) is 0.267. The van der Waals surface area contributed by atoms with Gasteiger partial charge in [-0.05, 0) is 30.2 Å². The summed E-state index contributed by atoms with van der Waals surface area (Å²) in [4.78, 5) is 38.7. The Labute approximate surface area is 137 Å². The highest BCUT2D eigenvalue weighted by Gasteiger charge is 2.27. The second-order valence-electron chi connectivity index (χ2n) is 5.31. The molecule has 0 aliphatic rings. The van der Waals surface area contributed by atoms with Gasteiger partial charge in [0.15, 0.2) is 6.10 Å². The number of carbonyl (C=O) groups is 3. The molecule has 3 amide bonds. The number of aromatic nitrogens is 3. The zero-order chi connectivity index (χ0) is 17.7. The van der Waals surface area contributed by atoms with E-state index in [1.54, 1.807) is 38.1 Å². The van der Waals surface area contributed by atoms with E-state index in [2.05, 4.69) is 10.1 Å². The Kier molecular flexibility index (Phi) is 5.25. The Hall–Kier alpha value is -3.23. The number of hydrogen-bond donors (Lipinski definition) is 2. The van der Waals surface area contributed by atoms with Gasteiger partial charge in [0, 0.05) is 0 Å². The van der Waals surface area contributed by atoms with Gasteiger partial charge in [-0.1, -0.05) is 13.8 Å². The average Bonchev–Trinajstić information content (AvgIpc) is 3.05. The zero-order valence-electron chi connectivity index (χ0n) is 13.2. The Morgan fingerprint density at radius 3 is 2.38 bits per heavy atom. The van der Waals surface area contributed by atoms with E-state index in [0.717, 1.165) is 5.69 Å². The number of ether oxygens (including phenoxy) is 1. The Balaban J connectivity index is 2.09. The maximum absolute atomic E-state index is 12.2. The fourth-order valence-electron chi connectivity index (χ4n) is 1.96. The third-order valence-electron chi connectivity index (χ3n) is 3.13. The van der Waals surface area contributed by atoms with Gasteiger partial charge in [0.25, 0.3) is 5.91 Å². The van der Waals surface area contributed by atoms with Gasteiger partial charge in [0.1, 0.15) is 12.7 Å². The van der Waals surface area contributed by atoms with Gasteiger partial charge in [-0.25, -0.2) is 19.3 Å². The van der Waals surface area contributed by atoms with Gasteiger partial charge >= 0.3 is 12.0 Å². The summed E-state index contributed by atoms with van der Waals surface area (Å²) in [7, 11) is 0. The van der Waals surface area contributed by atoms with Crippen LogP contribution in [-0.4, -0.2) is 38.8 Å². The number of nitrogens with one attached hydrogen (secondary N) is 1. The first-order chi connectivity index (χ1) is 11.4. The number of rotatable bonds is 5. The number of urea groups is 1. The molecule has 1 heterocycles. The van der Waals surface area contributed by atoms with E-state index in [0.29, 0.717) is 0 Å². The first-order valence-electron chi connectivity index (χ1n) is 7.15. The van der Waals surface area contributed by atoms with Crippen LogP contribution in [0.25, 0.3) is 5.69 Å². The normalized spacial score (nSPS) is 11.8. The van der Waals surface area contributed by atoms with Gasteiger partial charge in [0.2, 0.25) is 0 Å². The molecule has 2 aromatic rings. The number of nitrogens with zero attached hydrogens (tertiary/aromatic N) is 3. The molecule has 0 saturated heterocycles. The van der Waals surface area contributed by atoms with Crippen LogP contribution in [0, 0.1) is 5.92 Å². The quantitative estimate of drug-likeness (QED) is 0.774. The van der Waals surface area contributed by atoms with Crippen LogP contribution in [0.15, 0.2) is 36.9 Å². The molecule has 2 rings (SSSR count). The van der Waals surface area contributed by atoms with Crippen molar-refractivity contribution in [3.8, 4) is 5.69 Å². The van der Waals surface area contributed by atoms with E-state index < -0.39 is 24.0 Å². The van der Waals surface area contributed by atoms with E-state index in [9.17, 15) is 14.4 Å². The van der Waals surface area contributed by atoms with Crippen molar-refractivity contribution in [2.24, 2.45) is 11.7 Å². The fourth-order valence-corrected chi connectivity index (χ4v) is 1.96. The van der Waals surface area contributed by atoms with E-state index in [1.165, 1.54) is 17.3 Å². The summed E-state index contributed by atoms with van der Waals surface area (Å²) in [5.41, 5.74) is 5.89. The third kappa shape index (κ3) is 4.15. The minimum absolute atomic E-state index is 0.261. The number of esters is 1. The smallest absolute Gasteiger partial charge is 0.338 e. The number of hydrogen-bond acceptors (Lipinski definition) is 6. The molecule has 9 heteroatoms. The molecule has 1 aromatic carbocycles. The number of imide groups is 1. The molecule has 0 bridgehead atoms. The van der Waals surface area contributed by atoms with E-state index >= 15 is 0 Å². The van der Waals surface area contributed by atoms with Crippen molar-refractivity contribution in [1.29, 1.82) is 0 Å². The summed E-state index contributed by atoms with van der Waals surface area (Å²) in [5, 5.41) is 5.89. The molecule has 1 aromatic heterocycles. The Bertz CT molecular complexity index is 725. The number of benzene rings is 1. The molecule has 126 valence electrons. The van der Waals surface area contributed by atoms with Crippen LogP contribution in [-0.2, 0) is 9.53 Å². The van der Waals surface area contributed by atoms with Crippen molar-refractivity contribution in [1.82, 2.24) is 20.1 Å². The second-order valence-corrected chi connectivity index (χ2v) is 5.31. The average molecular weight is 331 g/mol. The zero-order valence-corrected chi connectivity index (χ0v) is 13.2. The summed E-state index contributed by atoms with van der Waals surface area (Å²) < 4.78 is 6.73. The van der Waals surface area contributed by atoms with Crippen LogP contribution in [0.5, 0.6) is 0 Å². The molecular weight excluding hydrogens is 314 g/mol. The van der Waals surface area contributed by atoms with Crippen LogP contribution in [0.4, 0.5) is 4.79 Å². The van der Waals surface area contributed by atoms with Crippen molar-refractivity contribution >= 4 is 17.9 Å². The third-order valence-corrected chi connectivity index (χ3v) is 3.13. The summed E-state index contributed by atoms with van der Waals surface area (Å²) in [6.07, 6.45) is 1.79. The summed E-state index contributed by atoms with van der Waals surface area (Å²) in [6.45, 7) is 3.37. The number of nitrogens with two attached hydrogens (primary N) is 1. The predicted octanol–water partition coefficient (Wildman–Crippen LogP) is 0.644. The predicted molar refractivity (Wildman–Crippen MR) is 83.1 cm³/mol. The van der Waals surface area contributed by atoms with Crippen LogP contribution in [0.2, 0.25) is 0 Å². The highest BCUT2D eigenvalue weighted by Crippen LogP contribution is 2.13. The molecule has 9 nitrogen and oxygen atoms in total. The minimum atomic E-state index is -1.13. The van der Waals surface area contributed by atoms with Crippen LogP contribution < -0.4 is 11.1 Å². The lowest BCUT2D eigenvalue weighted by molar-refractivity contribution is -0.130. The van der Waals surface area contributed by atoms with Gasteiger partial charge in [-0.2, -0.15) is 5.10 Å². The molecule has 0 spiro atoms. The van der Waals surface area contributed by atoms with Gasteiger partial charge in [-0.3, -0.25) is 10.1 Å². The summed E-state index contributed by atoms with van der Waals surface area (Å²) in [6, 6.07) is 5.42. The molecule has 0 unspecified atom stereocenters. The van der Waals surface area contributed by atoms with E-state index in [-0.39, 0.29) is 11.5 Å². The minimum Gasteiger partial charge on any atom is -0.448 e. The molecule has 3 N–H and O–H groups in total. The summed E-state index contributed by atoms with van der Waals surface area (Å²) in [5.74, 6) is -1.77. The van der Waals surface area contributed by atoms with Crippen LogP contribution >= 0.6 is 0 Å². The first-order valence-corrected chi connectivity index (χ1v) is 7.15. The van der Waals surface area contributed by atoms with Gasteiger partial charge in [-0.15, -0.1) is 0 Å². The lowest BCUT2D eigenvalue weighted by atomic mass is 10.1. The van der Waals surface area contributed by atoms with Gasteiger partial charge < -0.3 is 10.5 Å². The molecule has 0 saturated carbocycles. The largest absolute Gasteiger partial charge is 0.448 e.